The molecule has 0 aliphatic rings. The number of hydrogen-bond acceptors (Lipinski definition) is 2. The number of fused-ring (bicyclic) bond motifs is 1. The van der Waals surface area contributed by atoms with E-state index in [1.54, 1.807) is 0 Å². The molecule has 0 saturated heterocycles. The number of aromatic nitrogens is 2. The van der Waals surface area contributed by atoms with Gasteiger partial charge in [0.25, 0.3) is 0 Å². The van der Waals surface area contributed by atoms with Crippen LogP contribution in [-0.2, 0) is 20.0 Å². The predicted molar refractivity (Wildman–Crippen MR) is 58.0 cm³/mol. The molecule has 0 radical (unpaired) electrons. The monoisotopic (exact) mass is 189 g/mol. The molecule has 74 valence electrons. The molecule has 0 bridgehead atoms. The van der Waals surface area contributed by atoms with Crippen molar-refractivity contribution in [3.8, 4) is 0 Å². The lowest BCUT2D eigenvalue weighted by Gasteiger charge is -2.01. The molecule has 0 unspecified atom stereocenters. The Morgan fingerprint density at radius 2 is 2.21 bits per heavy atom. The van der Waals surface area contributed by atoms with Gasteiger partial charge in [-0.1, -0.05) is 19.1 Å². The molecule has 1 aromatic heterocycles. The molecule has 2 N–H and O–H groups in total. The second-order valence-electron chi connectivity index (χ2n) is 3.44. The molecule has 1 heterocycles. The van der Waals surface area contributed by atoms with E-state index in [1.807, 2.05) is 23.9 Å². The van der Waals surface area contributed by atoms with Gasteiger partial charge in [0.1, 0.15) is 0 Å². The van der Waals surface area contributed by atoms with Crippen LogP contribution in [0, 0.1) is 0 Å². The summed E-state index contributed by atoms with van der Waals surface area (Å²) in [7, 11) is 1.99. The summed E-state index contributed by atoms with van der Waals surface area (Å²) in [5.41, 5.74) is 9.21. The number of benzene rings is 1. The maximum Gasteiger partial charge on any atom is 0.0929 e. The molecule has 14 heavy (non-hydrogen) atoms. The summed E-state index contributed by atoms with van der Waals surface area (Å²) in [6.07, 6.45) is 0.990. The summed E-state index contributed by atoms with van der Waals surface area (Å²) in [5.74, 6) is 0. The van der Waals surface area contributed by atoms with Crippen LogP contribution >= 0.6 is 0 Å². The Hall–Kier alpha value is -1.35. The van der Waals surface area contributed by atoms with Crippen molar-refractivity contribution < 1.29 is 0 Å². The zero-order valence-corrected chi connectivity index (χ0v) is 8.62. The third-order valence-electron chi connectivity index (χ3n) is 2.62. The Morgan fingerprint density at radius 3 is 2.86 bits per heavy atom. The zero-order valence-electron chi connectivity index (χ0n) is 8.62. The van der Waals surface area contributed by atoms with Gasteiger partial charge < -0.3 is 5.73 Å². The third-order valence-corrected chi connectivity index (χ3v) is 2.62. The third kappa shape index (κ3) is 1.21. The Morgan fingerprint density at radius 1 is 1.43 bits per heavy atom. The fourth-order valence-electron chi connectivity index (χ4n) is 1.96. The van der Waals surface area contributed by atoms with E-state index in [2.05, 4.69) is 18.1 Å². The van der Waals surface area contributed by atoms with E-state index in [0.29, 0.717) is 6.54 Å². The molecular weight excluding hydrogens is 174 g/mol. The van der Waals surface area contributed by atoms with Crippen LogP contribution in [0.2, 0.25) is 0 Å². The van der Waals surface area contributed by atoms with E-state index in [9.17, 15) is 0 Å². The minimum absolute atomic E-state index is 0.579. The highest BCUT2D eigenvalue weighted by Gasteiger charge is 2.09. The number of aryl methyl sites for hydroxylation is 2. The average molecular weight is 189 g/mol. The number of hydrogen-bond donors (Lipinski definition) is 1. The highest BCUT2D eigenvalue weighted by Crippen LogP contribution is 2.22. The summed E-state index contributed by atoms with van der Waals surface area (Å²) in [5, 5.41) is 5.69. The van der Waals surface area contributed by atoms with E-state index in [0.717, 1.165) is 11.9 Å². The van der Waals surface area contributed by atoms with Crippen LogP contribution in [0.25, 0.3) is 10.9 Å². The van der Waals surface area contributed by atoms with Crippen molar-refractivity contribution >= 4 is 10.9 Å². The maximum absolute atomic E-state index is 5.71. The fraction of sp³-hybridized carbons (Fsp3) is 0.364. The Bertz CT molecular complexity index is 457. The number of nitrogens with zero attached hydrogens (tertiary/aromatic N) is 2. The van der Waals surface area contributed by atoms with Gasteiger partial charge in [-0.05, 0) is 18.1 Å². The lowest BCUT2D eigenvalue weighted by Crippen LogP contribution is -1.99. The van der Waals surface area contributed by atoms with Crippen LogP contribution in [0.5, 0.6) is 0 Å². The van der Waals surface area contributed by atoms with Crippen molar-refractivity contribution in [1.82, 2.24) is 9.78 Å². The molecule has 2 aromatic rings. The lowest BCUT2D eigenvalue weighted by atomic mass is 10.1. The molecule has 0 fully saturated rings. The van der Waals surface area contributed by atoms with E-state index < -0.39 is 0 Å². The van der Waals surface area contributed by atoms with Crippen LogP contribution in [-0.4, -0.2) is 9.78 Å². The van der Waals surface area contributed by atoms with E-state index in [1.165, 1.54) is 16.6 Å². The normalized spacial score (nSPS) is 11.1. The quantitative estimate of drug-likeness (QED) is 0.779. The van der Waals surface area contributed by atoms with Crippen LogP contribution in [0.1, 0.15) is 18.2 Å². The molecule has 0 spiro atoms. The molecule has 2 rings (SSSR count). The summed E-state index contributed by atoms with van der Waals surface area (Å²) < 4.78 is 1.95. The summed E-state index contributed by atoms with van der Waals surface area (Å²) in [6, 6.07) is 6.12. The maximum atomic E-state index is 5.71. The molecule has 0 amide bonds. The standard InChI is InChI=1S/C11H15N3/c1-3-10-11-8(7-12)5-4-6-9(11)13-14(10)2/h4-6H,3,7,12H2,1-2H3. The Labute approximate surface area is 83.5 Å². The molecule has 0 aliphatic heterocycles. The molecule has 0 atom stereocenters. The van der Waals surface area contributed by atoms with Crippen LogP contribution in [0.3, 0.4) is 0 Å². The van der Waals surface area contributed by atoms with Gasteiger partial charge in [0, 0.05) is 24.7 Å². The minimum atomic E-state index is 0.579. The SMILES string of the molecule is CCc1c2c(CN)cccc2nn1C. The van der Waals surface area contributed by atoms with Gasteiger partial charge in [0.05, 0.1) is 5.52 Å². The van der Waals surface area contributed by atoms with Crippen LogP contribution in [0.4, 0.5) is 0 Å². The largest absolute Gasteiger partial charge is 0.326 e. The number of rotatable bonds is 2. The van der Waals surface area contributed by atoms with Crippen molar-refractivity contribution in [3.63, 3.8) is 0 Å². The first kappa shape index (κ1) is 9.21. The van der Waals surface area contributed by atoms with Gasteiger partial charge in [0.15, 0.2) is 0 Å². The predicted octanol–water partition coefficient (Wildman–Crippen LogP) is 1.59. The topological polar surface area (TPSA) is 43.8 Å². The first-order valence-electron chi connectivity index (χ1n) is 4.91. The van der Waals surface area contributed by atoms with Gasteiger partial charge in [-0.25, -0.2) is 0 Å². The minimum Gasteiger partial charge on any atom is -0.326 e. The highest BCUT2D eigenvalue weighted by atomic mass is 15.3. The van der Waals surface area contributed by atoms with Crippen molar-refractivity contribution in [2.24, 2.45) is 12.8 Å². The average Bonchev–Trinajstić information content (AvgIpc) is 2.52. The smallest absolute Gasteiger partial charge is 0.0929 e. The van der Waals surface area contributed by atoms with E-state index in [4.69, 9.17) is 5.73 Å². The van der Waals surface area contributed by atoms with E-state index in [-0.39, 0.29) is 0 Å². The van der Waals surface area contributed by atoms with Crippen molar-refractivity contribution in [2.75, 3.05) is 0 Å². The van der Waals surface area contributed by atoms with Crippen molar-refractivity contribution in [1.29, 1.82) is 0 Å². The summed E-state index contributed by atoms with van der Waals surface area (Å²) in [6.45, 7) is 2.72. The highest BCUT2D eigenvalue weighted by molar-refractivity contribution is 5.85. The number of nitrogens with two attached hydrogens (primary N) is 1. The molecule has 3 heteroatoms. The second kappa shape index (κ2) is 3.42. The van der Waals surface area contributed by atoms with Gasteiger partial charge in [-0.3, -0.25) is 4.68 Å². The molecule has 1 aromatic carbocycles. The summed E-state index contributed by atoms with van der Waals surface area (Å²) in [4.78, 5) is 0. The first-order valence-corrected chi connectivity index (χ1v) is 4.91. The molecular formula is C11H15N3. The fourth-order valence-corrected chi connectivity index (χ4v) is 1.96. The zero-order chi connectivity index (χ0) is 10.1. The van der Waals surface area contributed by atoms with Crippen molar-refractivity contribution in [3.05, 3.63) is 29.5 Å². The van der Waals surface area contributed by atoms with Gasteiger partial charge in [-0.2, -0.15) is 5.10 Å². The molecule has 0 saturated carbocycles. The van der Waals surface area contributed by atoms with Crippen LogP contribution < -0.4 is 5.73 Å². The first-order chi connectivity index (χ1) is 6.77. The molecule has 3 nitrogen and oxygen atoms in total. The Kier molecular flexibility index (Phi) is 2.25. The van der Waals surface area contributed by atoms with Gasteiger partial charge in [-0.15, -0.1) is 0 Å². The Balaban J connectivity index is 2.82. The lowest BCUT2D eigenvalue weighted by molar-refractivity contribution is 0.728. The van der Waals surface area contributed by atoms with Crippen molar-refractivity contribution in [2.45, 2.75) is 19.9 Å². The van der Waals surface area contributed by atoms with E-state index >= 15 is 0 Å². The van der Waals surface area contributed by atoms with Gasteiger partial charge >= 0.3 is 0 Å². The second-order valence-corrected chi connectivity index (χ2v) is 3.44. The van der Waals surface area contributed by atoms with Crippen LogP contribution in [0.15, 0.2) is 18.2 Å². The summed E-state index contributed by atoms with van der Waals surface area (Å²) >= 11 is 0. The molecule has 0 aliphatic carbocycles. The van der Waals surface area contributed by atoms with Gasteiger partial charge in [0.2, 0.25) is 0 Å².